The van der Waals surface area contributed by atoms with Gasteiger partial charge < -0.3 is 19.7 Å². The number of aliphatic hydroxyl groups is 2. The highest BCUT2D eigenvalue weighted by molar-refractivity contribution is 4.62. The molecule has 0 heterocycles. The maximum absolute atomic E-state index is 8.24. The minimum absolute atomic E-state index is 0. The Morgan fingerprint density at radius 2 is 1.00 bits per heavy atom. The topological polar surface area (TPSA) is 58.9 Å². The molecule has 0 rings (SSSR count). The van der Waals surface area contributed by atoms with Crippen LogP contribution in [-0.4, -0.2) is 49.9 Å². The highest BCUT2D eigenvalue weighted by Crippen LogP contribution is 2.15. The van der Waals surface area contributed by atoms with Gasteiger partial charge in [0.05, 0.1) is 19.3 Å². The molecular weight excluding hydrogens is 256 g/mol. The molecule has 0 unspecified atom stereocenters. The van der Waals surface area contributed by atoms with E-state index < -0.39 is 6.10 Å². The van der Waals surface area contributed by atoms with Gasteiger partial charge in [-0.2, -0.15) is 0 Å². The van der Waals surface area contributed by atoms with Crippen molar-refractivity contribution in [3.63, 3.8) is 0 Å². The Balaban J connectivity index is -0.000000126. The summed E-state index contributed by atoms with van der Waals surface area (Å²) in [6.07, 6.45) is 2.44. The molecule has 0 spiro atoms. The summed E-state index contributed by atoms with van der Waals surface area (Å²) in [5.41, 5.74) is 0. The molecule has 0 aromatic carbocycles. The van der Waals surface area contributed by atoms with Gasteiger partial charge in [0.1, 0.15) is 6.10 Å². The van der Waals surface area contributed by atoms with Gasteiger partial charge in [0.2, 0.25) is 0 Å². The predicted octanol–water partition coefficient (Wildman–Crippen LogP) is 3.35. The molecule has 0 aromatic heterocycles. The highest BCUT2D eigenvalue weighted by Gasteiger charge is 2.10. The lowest BCUT2D eigenvalue weighted by Crippen LogP contribution is -2.19. The standard InChI is InChI=1S/C10H22O.C4H10O3.2CH4/c1-8(2)6-10(11-5)7-9(3)4;1-7-4(2-5)3-6;;/h8-10H,6-7H2,1-5H3;4-6H,2-3H2,1H3;2*1H4. The molecule has 0 amide bonds. The Bertz CT molecular complexity index is 141. The second-order valence-electron chi connectivity index (χ2n) is 5.34. The lowest BCUT2D eigenvalue weighted by Gasteiger charge is -2.18. The van der Waals surface area contributed by atoms with Crippen LogP contribution in [0, 0.1) is 11.8 Å². The summed E-state index contributed by atoms with van der Waals surface area (Å²) < 4.78 is 9.92. The lowest BCUT2D eigenvalue weighted by atomic mass is 9.98. The van der Waals surface area contributed by atoms with Crippen LogP contribution in [0.4, 0.5) is 0 Å². The third-order valence-corrected chi connectivity index (χ3v) is 2.54. The third kappa shape index (κ3) is 20.2. The number of hydrogen-bond donors (Lipinski definition) is 2. The van der Waals surface area contributed by atoms with Gasteiger partial charge in [-0.1, -0.05) is 42.5 Å². The van der Waals surface area contributed by atoms with E-state index in [9.17, 15) is 0 Å². The van der Waals surface area contributed by atoms with Crippen LogP contribution >= 0.6 is 0 Å². The molecule has 4 nitrogen and oxygen atoms in total. The molecule has 2 N–H and O–H groups in total. The minimum Gasteiger partial charge on any atom is -0.394 e. The molecule has 0 saturated heterocycles. The monoisotopic (exact) mass is 296 g/mol. The maximum Gasteiger partial charge on any atom is 0.103 e. The second kappa shape index (κ2) is 18.8. The number of rotatable bonds is 8. The van der Waals surface area contributed by atoms with E-state index in [1.54, 1.807) is 0 Å². The van der Waals surface area contributed by atoms with Crippen LogP contribution in [-0.2, 0) is 9.47 Å². The number of ether oxygens (including phenoxy) is 2. The Labute approximate surface area is 127 Å². The zero-order chi connectivity index (χ0) is 14.6. The largest absolute Gasteiger partial charge is 0.394 e. The first-order chi connectivity index (χ1) is 8.40. The van der Waals surface area contributed by atoms with Gasteiger partial charge in [-0.15, -0.1) is 0 Å². The van der Waals surface area contributed by atoms with Crippen LogP contribution in [0.25, 0.3) is 0 Å². The fourth-order valence-electron chi connectivity index (χ4n) is 1.55. The lowest BCUT2D eigenvalue weighted by molar-refractivity contribution is 0.00933. The van der Waals surface area contributed by atoms with Crippen LogP contribution < -0.4 is 0 Å². The second-order valence-corrected chi connectivity index (χ2v) is 5.34. The predicted molar refractivity (Wildman–Crippen MR) is 88.1 cm³/mol. The molecule has 0 atom stereocenters. The van der Waals surface area contributed by atoms with Crippen LogP contribution in [0.15, 0.2) is 0 Å². The first-order valence-electron chi connectivity index (χ1n) is 6.68. The Hall–Kier alpha value is -0.160. The molecule has 0 aliphatic heterocycles. The van der Waals surface area contributed by atoms with Crippen LogP contribution in [0.3, 0.4) is 0 Å². The zero-order valence-corrected chi connectivity index (χ0v) is 12.8. The van der Waals surface area contributed by atoms with E-state index in [0.717, 1.165) is 11.8 Å². The number of hydrogen-bond acceptors (Lipinski definition) is 4. The van der Waals surface area contributed by atoms with Crippen LogP contribution in [0.5, 0.6) is 0 Å². The molecule has 0 aliphatic rings. The quantitative estimate of drug-likeness (QED) is 0.721. The summed E-state index contributed by atoms with van der Waals surface area (Å²) in [6.45, 7) is 8.73. The van der Waals surface area contributed by atoms with E-state index in [4.69, 9.17) is 14.9 Å². The van der Waals surface area contributed by atoms with Crippen molar-refractivity contribution >= 4 is 0 Å². The summed E-state index contributed by atoms with van der Waals surface area (Å²) in [4.78, 5) is 0. The molecule has 0 aliphatic carbocycles. The van der Waals surface area contributed by atoms with Crippen molar-refractivity contribution in [3.05, 3.63) is 0 Å². The molecule has 0 radical (unpaired) electrons. The van der Waals surface area contributed by atoms with Crippen molar-refractivity contribution in [3.8, 4) is 0 Å². The summed E-state index contributed by atoms with van der Waals surface area (Å²) in [5.74, 6) is 1.50. The Kier molecular flexibility index (Phi) is 26.4. The average Bonchev–Trinajstić information content (AvgIpc) is 2.30. The first-order valence-corrected chi connectivity index (χ1v) is 6.68. The number of aliphatic hydroxyl groups excluding tert-OH is 2. The summed E-state index contributed by atoms with van der Waals surface area (Å²) in [5, 5.41) is 16.5. The highest BCUT2D eigenvalue weighted by atomic mass is 16.5. The van der Waals surface area contributed by atoms with Crippen LogP contribution in [0.2, 0.25) is 0 Å². The smallest absolute Gasteiger partial charge is 0.103 e. The molecule has 0 bridgehead atoms. The van der Waals surface area contributed by atoms with E-state index in [0.29, 0.717) is 6.10 Å². The Morgan fingerprint density at radius 1 is 0.700 bits per heavy atom. The van der Waals surface area contributed by atoms with Gasteiger partial charge in [-0.3, -0.25) is 0 Å². The van der Waals surface area contributed by atoms with Gasteiger partial charge in [0.15, 0.2) is 0 Å². The zero-order valence-electron chi connectivity index (χ0n) is 12.8. The molecule has 0 saturated carbocycles. The van der Waals surface area contributed by atoms with Gasteiger partial charge in [-0.05, 0) is 24.7 Å². The van der Waals surface area contributed by atoms with Crippen LogP contribution in [0.1, 0.15) is 55.4 Å². The van der Waals surface area contributed by atoms with Gasteiger partial charge in [0, 0.05) is 14.2 Å². The van der Waals surface area contributed by atoms with E-state index in [2.05, 4.69) is 32.4 Å². The molecule has 0 fully saturated rings. The van der Waals surface area contributed by atoms with Crippen molar-refractivity contribution < 1.29 is 19.7 Å². The van der Waals surface area contributed by atoms with E-state index >= 15 is 0 Å². The first kappa shape index (κ1) is 28.1. The molecule has 0 aromatic rings. The SMILES string of the molecule is C.C.COC(CC(C)C)CC(C)C.COC(CO)CO. The molecule has 20 heavy (non-hydrogen) atoms. The number of methoxy groups -OCH3 is 2. The minimum atomic E-state index is -0.403. The van der Waals surface area contributed by atoms with Crippen molar-refractivity contribution in [1.82, 2.24) is 0 Å². The van der Waals surface area contributed by atoms with Crippen molar-refractivity contribution in [1.29, 1.82) is 0 Å². The fraction of sp³-hybridized carbons (Fsp3) is 1.00. The van der Waals surface area contributed by atoms with Gasteiger partial charge >= 0.3 is 0 Å². The van der Waals surface area contributed by atoms with Crippen molar-refractivity contribution in [2.45, 2.75) is 67.6 Å². The normalized spacial score (nSPS) is 10.2. The van der Waals surface area contributed by atoms with E-state index in [1.165, 1.54) is 20.0 Å². The van der Waals surface area contributed by atoms with E-state index in [-0.39, 0.29) is 28.1 Å². The Morgan fingerprint density at radius 3 is 1.10 bits per heavy atom. The van der Waals surface area contributed by atoms with E-state index in [1.807, 2.05) is 7.11 Å². The molecular formula is C16H40O4. The fourth-order valence-corrected chi connectivity index (χ4v) is 1.55. The molecule has 4 heteroatoms. The third-order valence-electron chi connectivity index (χ3n) is 2.54. The summed E-state index contributed by atoms with van der Waals surface area (Å²) in [7, 11) is 3.26. The van der Waals surface area contributed by atoms with Crippen molar-refractivity contribution in [2.24, 2.45) is 11.8 Å². The summed E-state index contributed by atoms with van der Waals surface area (Å²) in [6, 6.07) is 0. The van der Waals surface area contributed by atoms with Gasteiger partial charge in [-0.25, -0.2) is 0 Å². The average molecular weight is 296 g/mol. The maximum atomic E-state index is 8.24. The van der Waals surface area contributed by atoms with Crippen molar-refractivity contribution in [2.75, 3.05) is 27.4 Å². The summed E-state index contributed by atoms with van der Waals surface area (Å²) >= 11 is 0. The molecule has 128 valence electrons. The van der Waals surface area contributed by atoms with Gasteiger partial charge in [0.25, 0.3) is 0 Å².